The number of carbonyl (C=O) groups is 1. The Labute approximate surface area is 155 Å². The molecule has 1 aromatic carbocycles. The van der Waals surface area contributed by atoms with E-state index in [1.54, 1.807) is 6.20 Å². The number of aryl methyl sites for hydroxylation is 2. The highest BCUT2D eigenvalue weighted by Gasteiger charge is 2.09. The van der Waals surface area contributed by atoms with Crippen LogP contribution in [-0.4, -0.2) is 22.4 Å². The first-order valence-corrected chi connectivity index (χ1v) is 9.24. The maximum Gasteiger partial charge on any atom is 0.271 e. The Bertz CT molecular complexity index is 796. The van der Waals surface area contributed by atoms with Crippen LogP contribution in [0.2, 0.25) is 0 Å². The molecule has 5 heteroatoms. The molecule has 136 valence electrons. The molecule has 0 saturated heterocycles. The van der Waals surface area contributed by atoms with Crippen molar-refractivity contribution < 1.29 is 4.79 Å². The first-order valence-electron chi connectivity index (χ1n) is 9.24. The standard InChI is InChI=1S/C21H26N4O/c1-15-8-9-16(2)18(12-15)25-20-14-23-19(13-24-20)21(26)22-11-10-17-6-4-3-5-7-17/h6,8-9,12-14H,3-5,7,10-11H2,1-2H3,(H,22,26)(H,24,25). The number of aromatic nitrogens is 2. The molecule has 0 aliphatic heterocycles. The molecule has 1 aromatic heterocycles. The lowest BCUT2D eigenvalue weighted by molar-refractivity contribution is 0.0948. The molecule has 0 bridgehead atoms. The number of allylic oxidation sites excluding steroid dienone is 1. The summed E-state index contributed by atoms with van der Waals surface area (Å²) in [5.74, 6) is 0.454. The average Bonchev–Trinajstić information content (AvgIpc) is 2.66. The van der Waals surface area contributed by atoms with Crippen LogP contribution in [0, 0.1) is 13.8 Å². The Morgan fingerprint density at radius 3 is 2.77 bits per heavy atom. The first kappa shape index (κ1) is 18.1. The van der Waals surface area contributed by atoms with Gasteiger partial charge in [0.15, 0.2) is 0 Å². The van der Waals surface area contributed by atoms with E-state index in [9.17, 15) is 4.79 Å². The van der Waals surface area contributed by atoms with Crippen LogP contribution in [0.4, 0.5) is 11.5 Å². The maximum atomic E-state index is 12.2. The van der Waals surface area contributed by atoms with Crippen LogP contribution in [0.15, 0.2) is 42.2 Å². The Kier molecular flexibility index (Phi) is 6.00. The molecule has 0 atom stereocenters. The van der Waals surface area contributed by atoms with Gasteiger partial charge in [-0.1, -0.05) is 23.8 Å². The molecule has 1 heterocycles. The third kappa shape index (κ3) is 4.91. The molecular weight excluding hydrogens is 324 g/mol. The summed E-state index contributed by atoms with van der Waals surface area (Å²) in [6, 6.07) is 6.20. The summed E-state index contributed by atoms with van der Waals surface area (Å²) in [7, 11) is 0. The summed E-state index contributed by atoms with van der Waals surface area (Å²) in [6.07, 6.45) is 11.2. The van der Waals surface area contributed by atoms with Gasteiger partial charge in [-0.3, -0.25) is 4.79 Å². The Balaban J connectivity index is 1.54. The van der Waals surface area contributed by atoms with Gasteiger partial charge in [0.1, 0.15) is 11.5 Å². The molecule has 1 amide bonds. The van der Waals surface area contributed by atoms with Crippen molar-refractivity contribution in [2.45, 2.75) is 46.0 Å². The molecule has 0 saturated carbocycles. The number of nitrogens with zero attached hydrogens (tertiary/aromatic N) is 2. The van der Waals surface area contributed by atoms with Crippen LogP contribution in [0.1, 0.15) is 53.7 Å². The SMILES string of the molecule is Cc1ccc(C)c(Nc2cnc(C(=O)NCCC3=CCCCC3)cn2)c1. The van der Waals surface area contributed by atoms with Gasteiger partial charge in [-0.05, 0) is 63.1 Å². The second kappa shape index (κ2) is 8.61. The van der Waals surface area contributed by atoms with E-state index in [1.165, 1.54) is 36.6 Å². The van der Waals surface area contributed by atoms with E-state index in [4.69, 9.17) is 0 Å². The number of nitrogens with one attached hydrogen (secondary N) is 2. The Morgan fingerprint density at radius 2 is 2.04 bits per heavy atom. The maximum absolute atomic E-state index is 12.2. The summed E-state index contributed by atoms with van der Waals surface area (Å²) in [4.78, 5) is 20.8. The predicted molar refractivity (Wildman–Crippen MR) is 105 cm³/mol. The molecule has 1 aliphatic carbocycles. The minimum absolute atomic E-state index is 0.174. The van der Waals surface area contributed by atoms with E-state index in [1.807, 2.05) is 13.8 Å². The van der Waals surface area contributed by atoms with Gasteiger partial charge in [0.2, 0.25) is 0 Å². The summed E-state index contributed by atoms with van der Waals surface area (Å²) < 4.78 is 0. The molecule has 26 heavy (non-hydrogen) atoms. The Morgan fingerprint density at radius 1 is 1.15 bits per heavy atom. The van der Waals surface area contributed by atoms with Gasteiger partial charge in [0.05, 0.1) is 12.4 Å². The molecule has 5 nitrogen and oxygen atoms in total. The van der Waals surface area contributed by atoms with Crippen molar-refractivity contribution in [2.24, 2.45) is 0 Å². The molecule has 1 aliphatic rings. The molecular formula is C21H26N4O. The van der Waals surface area contributed by atoms with E-state index < -0.39 is 0 Å². The lowest BCUT2D eigenvalue weighted by atomic mass is 9.97. The summed E-state index contributed by atoms with van der Waals surface area (Å²) in [5.41, 5.74) is 5.11. The van der Waals surface area contributed by atoms with Gasteiger partial charge in [-0.25, -0.2) is 9.97 Å². The highest BCUT2D eigenvalue weighted by molar-refractivity contribution is 5.92. The smallest absolute Gasteiger partial charge is 0.271 e. The van der Waals surface area contributed by atoms with Crippen LogP contribution in [0.3, 0.4) is 0 Å². The van der Waals surface area contributed by atoms with Crippen molar-refractivity contribution in [2.75, 3.05) is 11.9 Å². The zero-order valence-corrected chi connectivity index (χ0v) is 15.5. The topological polar surface area (TPSA) is 66.9 Å². The normalized spacial score (nSPS) is 13.8. The first-order chi connectivity index (χ1) is 12.6. The van der Waals surface area contributed by atoms with Gasteiger partial charge in [-0.2, -0.15) is 0 Å². The molecule has 0 fully saturated rings. The fourth-order valence-electron chi connectivity index (χ4n) is 3.08. The number of amides is 1. The lowest BCUT2D eigenvalue weighted by Crippen LogP contribution is -2.26. The third-order valence-corrected chi connectivity index (χ3v) is 4.66. The predicted octanol–water partition coefficient (Wildman–Crippen LogP) is 4.46. The van der Waals surface area contributed by atoms with Gasteiger partial charge in [0.25, 0.3) is 5.91 Å². The second-order valence-corrected chi connectivity index (χ2v) is 6.84. The molecule has 2 N–H and O–H groups in total. The molecule has 0 unspecified atom stereocenters. The van der Waals surface area contributed by atoms with Crippen molar-refractivity contribution in [1.82, 2.24) is 15.3 Å². The van der Waals surface area contributed by atoms with Gasteiger partial charge in [0, 0.05) is 12.2 Å². The van der Waals surface area contributed by atoms with E-state index >= 15 is 0 Å². The number of carbonyl (C=O) groups excluding carboxylic acids is 1. The lowest BCUT2D eigenvalue weighted by Gasteiger charge is -2.13. The largest absolute Gasteiger partial charge is 0.350 e. The fraction of sp³-hybridized carbons (Fsp3) is 0.381. The number of rotatable bonds is 6. The van der Waals surface area contributed by atoms with Crippen molar-refractivity contribution in [1.29, 1.82) is 0 Å². The summed E-state index contributed by atoms with van der Waals surface area (Å²) in [6.45, 7) is 4.74. The molecule has 3 rings (SSSR count). The second-order valence-electron chi connectivity index (χ2n) is 6.84. The van der Waals surface area contributed by atoms with Crippen molar-refractivity contribution in [3.8, 4) is 0 Å². The van der Waals surface area contributed by atoms with Crippen molar-refractivity contribution in [3.63, 3.8) is 0 Å². The number of hydrogen-bond acceptors (Lipinski definition) is 4. The van der Waals surface area contributed by atoms with Crippen LogP contribution in [0.5, 0.6) is 0 Å². The zero-order valence-electron chi connectivity index (χ0n) is 15.5. The fourth-order valence-corrected chi connectivity index (χ4v) is 3.08. The van der Waals surface area contributed by atoms with Gasteiger partial charge >= 0.3 is 0 Å². The van der Waals surface area contributed by atoms with Crippen molar-refractivity contribution in [3.05, 3.63) is 59.1 Å². The third-order valence-electron chi connectivity index (χ3n) is 4.66. The molecule has 2 aromatic rings. The molecule has 0 radical (unpaired) electrons. The van der Waals surface area contributed by atoms with E-state index in [2.05, 4.69) is 44.9 Å². The van der Waals surface area contributed by atoms with Crippen molar-refractivity contribution >= 4 is 17.4 Å². The van der Waals surface area contributed by atoms with E-state index in [0.29, 0.717) is 18.1 Å². The highest BCUT2D eigenvalue weighted by Crippen LogP contribution is 2.20. The number of anilines is 2. The zero-order chi connectivity index (χ0) is 18.4. The van der Waals surface area contributed by atoms with Crippen LogP contribution < -0.4 is 10.6 Å². The average molecular weight is 350 g/mol. The summed E-state index contributed by atoms with van der Waals surface area (Å²) >= 11 is 0. The number of hydrogen-bond donors (Lipinski definition) is 2. The van der Waals surface area contributed by atoms with Crippen LogP contribution in [0.25, 0.3) is 0 Å². The quantitative estimate of drug-likeness (QED) is 0.755. The minimum Gasteiger partial charge on any atom is -0.350 e. The minimum atomic E-state index is -0.174. The van der Waals surface area contributed by atoms with Gasteiger partial charge < -0.3 is 10.6 Å². The molecule has 0 spiro atoms. The summed E-state index contributed by atoms with van der Waals surface area (Å²) in [5, 5.41) is 6.18. The Hall–Kier alpha value is -2.69. The van der Waals surface area contributed by atoms with E-state index in [-0.39, 0.29) is 5.91 Å². The number of benzene rings is 1. The van der Waals surface area contributed by atoms with Crippen LogP contribution in [-0.2, 0) is 0 Å². The van der Waals surface area contributed by atoms with Crippen LogP contribution >= 0.6 is 0 Å². The highest BCUT2D eigenvalue weighted by atomic mass is 16.1. The van der Waals surface area contributed by atoms with Gasteiger partial charge in [-0.15, -0.1) is 0 Å². The van der Waals surface area contributed by atoms with E-state index in [0.717, 1.165) is 24.1 Å². The monoisotopic (exact) mass is 350 g/mol.